The summed E-state index contributed by atoms with van der Waals surface area (Å²) in [6.07, 6.45) is -0.556. The Hall–Kier alpha value is -1.24. The van der Waals surface area contributed by atoms with Gasteiger partial charge in [0.1, 0.15) is 6.54 Å². The third-order valence-electron chi connectivity index (χ3n) is 1.24. The van der Waals surface area contributed by atoms with Crippen LogP contribution < -0.4 is 0 Å². The minimum Gasteiger partial charge on any atom is -0.447 e. The summed E-state index contributed by atoms with van der Waals surface area (Å²) in [6, 6.07) is 1.90. The molecule has 0 saturated carbocycles. The summed E-state index contributed by atoms with van der Waals surface area (Å²) in [5.74, 6) is 0. The van der Waals surface area contributed by atoms with E-state index in [1.54, 1.807) is 20.8 Å². The number of carbonyl (C=O) groups excluding carboxylic acids is 1. The van der Waals surface area contributed by atoms with E-state index in [9.17, 15) is 4.79 Å². The van der Waals surface area contributed by atoms with Crippen molar-refractivity contribution < 1.29 is 9.53 Å². The Bertz CT molecular complexity index is 184. The molecule has 0 bridgehead atoms. The Morgan fingerprint density at radius 1 is 1.67 bits per heavy atom. The quantitative estimate of drug-likeness (QED) is 0.601. The van der Waals surface area contributed by atoms with E-state index in [1.807, 2.05) is 6.07 Å². The van der Waals surface area contributed by atoms with Crippen molar-refractivity contribution in [2.24, 2.45) is 0 Å². The number of nitrogens with zero attached hydrogens (tertiary/aromatic N) is 2. The maximum absolute atomic E-state index is 11.1. The molecule has 0 aromatic heterocycles. The molecule has 0 spiro atoms. The van der Waals surface area contributed by atoms with Crippen LogP contribution in [0.4, 0.5) is 4.79 Å². The van der Waals surface area contributed by atoms with E-state index in [-0.39, 0.29) is 12.6 Å². The van der Waals surface area contributed by atoms with Crippen LogP contribution >= 0.6 is 0 Å². The first-order valence-corrected chi connectivity index (χ1v) is 3.94. The van der Waals surface area contributed by atoms with E-state index in [2.05, 4.69) is 0 Å². The predicted molar refractivity (Wildman–Crippen MR) is 44.5 cm³/mol. The first-order chi connectivity index (χ1) is 5.61. The van der Waals surface area contributed by atoms with Crippen LogP contribution in [0.2, 0.25) is 0 Å². The van der Waals surface area contributed by atoms with Crippen molar-refractivity contribution in [2.75, 3.05) is 13.1 Å². The van der Waals surface area contributed by atoms with Gasteiger partial charge in [0, 0.05) is 6.54 Å². The summed E-state index contributed by atoms with van der Waals surface area (Å²) in [6.45, 7) is 5.94. The number of nitriles is 1. The van der Waals surface area contributed by atoms with E-state index in [0.29, 0.717) is 6.54 Å². The highest BCUT2D eigenvalue weighted by Gasteiger charge is 2.12. The number of rotatable bonds is 3. The Labute approximate surface area is 72.7 Å². The van der Waals surface area contributed by atoms with Gasteiger partial charge in [-0.05, 0) is 20.8 Å². The first kappa shape index (κ1) is 10.8. The summed E-state index contributed by atoms with van der Waals surface area (Å²) in [4.78, 5) is 12.5. The molecule has 4 nitrogen and oxygen atoms in total. The molecule has 12 heavy (non-hydrogen) atoms. The lowest BCUT2D eigenvalue weighted by Crippen LogP contribution is -2.33. The topological polar surface area (TPSA) is 53.3 Å². The molecule has 0 aliphatic heterocycles. The summed E-state index contributed by atoms with van der Waals surface area (Å²) < 4.78 is 4.89. The molecule has 1 amide bonds. The Balaban J connectivity index is 3.96. The summed E-state index contributed by atoms with van der Waals surface area (Å²) in [5, 5.41) is 8.35. The molecule has 0 aliphatic rings. The van der Waals surface area contributed by atoms with Gasteiger partial charge >= 0.3 is 6.09 Å². The van der Waals surface area contributed by atoms with Crippen molar-refractivity contribution in [3.05, 3.63) is 0 Å². The molecule has 0 heterocycles. The fourth-order valence-corrected chi connectivity index (χ4v) is 0.667. The molecule has 0 N–H and O–H groups in total. The number of amides is 1. The van der Waals surface area contributed by atoms with Crippen LogP contribution in [0.25, 0.3) is 0 Å². The fourth-order valence-electron chi connectivity index (χ4n) is 0.667. The van der Waals surface area contributed by atoms with Gasteiger partial charge in [-0.15, -0.1) is 0 Å². The molecular formula is C8H14N2O2. The highest BCUT2D eigenvalue weighted by Crippen LogP contribution is 1.96. The molecular weight excluding hydrogens is 156 g/mol. The number of carbonyl (C=O) groups is 1. The first-order valence-electron chi connectivity index (χ1n) is 3.94. The third-order valence-corrected chi connectivity index (χ3v) is 1.24. The van der Waals surface area contributed by atoms with Crippen molar-refractivity contribution in [1.82, 2.24) is 4.90 Å². The van der Waals surface area contributed by atoms with Gasteiger partial charge in [0.25, 0.3) is 0 Å². The molecule has 4 heteroatoms. The van der Waals surface area contributed by atoms with Crippen LogP contribution in [-0.4, -0.2) is 30.2 Å². The van der Waals surface area contributed by atoms with Crippen LogP contribution in [0.1, 0.15) is 20.8 Å². The number of hydrogen-bond donors (Lipinski definition) is 0. The van der Waals surface area contributed by atoms with Crippen LogP contribution in [0.3, 0.4) is 0 Å². The van der Waals surface area contributed by atoms with Crippen molar-refractivity contribution in [3.8, 4) is 6.07 Å². The van der Waals surface area contributed by atoms with Crippen molar-refractivity contribution in [2.45, 2.75) is 26.9 Å². The van der Waals surface area contributed by atoms with Gasteiger partial charge in [0.05, 0.1) is 12.2 Å². The Kier molecular flexibility index (Phi) is 4.86. The lowest BCUT2D eigenvalue weighted by atomic mass is 10.5. The molecule has 0 aromatic carbocycles. The average Bonchev–Trinajstić information content (AvgIpc) is 1.98. The molecule has 0 atom stereocenters. The average molecular weight is 170 g/mol. The molecule has 0 fully saturated rings. The zero-order chi connectivity index (χ0) is 9.56. The molecule has 0 radical (unpaired) electrons. The highest BCUT2D eigenvalue weighted by atomic mass is 16.6. The van der Waals surface area contributed by atoms with Crippen molar-refractivity contribution in [1.29, 1.82) is 5.26 Å². The number of ether oxygens (including phenoxy) is 1. The maximum atomic E-state index is 11.1. The second kappa shape index (κ2) is 5.42. The standard InChI is InChI=1S/C8H14N2O2/c1-4-10(6-5-9)8(11)12-7(2)3/h7H,4,6H2,1-3H3. The Morgan fingerprint density at radius 3 is 2.58 bits per heavy atom. The van der Waals surface area contributed by atoms with Crippen LogP contribution in [0.5, 0.6) is 0 Å². The van der Waals surface area contributed by atoms with Gasteiger partial charge in [0.15, 0.2) is 0 Å². The molecule has 0 saturated heterocycles. The third kappa shape index (κ3) is 3.81. The fraction of sp³-hybridized carbons (Fsp3) is 0.750. The zero-order valence-electron chi connectivity index (χ0n) is 7.70. The van der Waals surface area contributed by atoms with Gasteiger partial charge in [-0.1, -0.05) is 0 Å². The molecule has 0 aliphatic carbocycles. The Morgan fingerprint density at radius 2 is 2.25 bits per heavy atom. The summed E-state index contributed by atoms with van der Waals surface area (Å²) >= 11 is 0. The SMILES string of the molecule is CCN(CC#N)C(=O)OC(C)C. The normalized spacial score (nSPS) is 9.25. The molecule has 68 valence electrons. The van der Waals surface area contributed by atoms with Crippen molar-refractivity contribution in [3.63, 3.8) is 0 Å². The lowest BCUT2D eigenvalue weighted by Gasteiger charge is -2.18. The largest absolute Gasteiger partial charge is 0.447 e. The van der Waals surface area contributed by atoms with Gasteiger partial charge < -0.3 is 4.74 Å². The summed E-state index contributed by atoms with van der Waals surface area (Å²) in [5.41, 5.74) is 0. The van der Waals surface area contributed by atoms with Gasteiger partial charge in [0.2, 0.25) is 0 Å². The van der Waals surface area contributed by atoms with E-state index >= 15 is 0 Å². The van der Waals surface area contributed by atoms with E-state index in [1.165, 1.54) is 4.90 Å². The molecule has 0 unspecified atom stereocenters. The molecule has 0 rings (SSSR count). The van der Waals surface area contributed by atoms with E-state index in [4.69, 9.17) is 10.00 Å². The second-order valence-corrected chi connectivity index (χ2v) is 2.60. The van der Waals surface area contributed by atoms with Gasteiger partial charge in [-0.2, -0.15) is 5.26 Å². The second-order valence-electron chi connectivity index (χ2n) is 2.60. The van der Waals surface area contributed by atoms with Crippen LogP contribution in [0.15, 0.2) is 0 Å². The number of hydrogen-bond acceptors (Lipinski definition) is 3. The lowest BCUT2D eigenvalue weighted by molar-refractivity contribution is 0.0820. The predicted octanol–water partition coefficient (Wildman–Crippen LogP) is 1.38. The van der Waals surface area contributed by atoms with E-state index < -0.39 is 6.09 Å². The van der Waals surface area contributed by atoms with Crippen LogP contribution in [0, 0.1) is 11.3 Å². The minimum atomic E-state index is -0.422. The van der Waals surface area contributed by atoms with Crippen LogP contribution in [-0.2, 0) is 4.74 Å². The van der Waals surface area contributed by atoms with Gasteiger partial charge in [-0.25, -0.2) is 4.79 Å². The van der Waals surface area contributed by atoms with Crippen molar-refractivity contribution >= 4 is 6.09 Å². The van der Waals surface area contributed by atoms with Gasteiger partial charge in [-0.3, -0.25) is 4.90 Å². The highest BCUT2D eigenvalue weighted by molar-refractivity contribution is 5.68. The smallest absolute Gasteiger partial charge is 0.410 e. The molecule has 0 aromatic rings. The summed E-state index contributed by atoms with van der Waals surface area (Å²) in [7, 11) is 0. The maximum Gasteiger partial charge on any atom is 0.410 e. The monoisotopic (exact) mass is 170 g/mol. The zero-order valence-corrected chi connectivity index (χ0v) is 7.70. The minimum absolute atomic E-state index is 0.0854. The van der Waals surface area contributed by atoms with E-state index in [0.717, 1.165) is 0 Å².